The number of carbonyl (C=O) groups is 2. The Balaban J connectivity index is 1.38. The number of para-hydroxylation sites is 1. The Labute approximate surface area is 191 Å². The number of rotatable bonds is 4. The lowest BCUT2D eigenvalue weighted by molar-refractivity contribution is 0.0701. The molecule has 33 heavy (non-hydrogen) atoms. The van der Waals surface area contributed by atoms with Crippen LogP contribution >= 0.6 is 0 Å². The van der Waals surface area contributed by atoms with Gasteiger partial charge in [0.1, 0.15) is 11.3 Å². The zero-order chi connectivity index (χ0) is 22.9. The Kier molecular flexibility index (Phi) is 5.38. The van der Waals surface area contributed by atoms with Crippen molar-refractivity contribution in [3.63, 3.8) is 0 Å². The van der Waals surface area contributed by atoms with Crippen LogP contribution in [0.1, 0.15) is 51.2 Å². The molecule has 1 saturated heterocycles. The van der Waals surface area contributed by atoms with Crippen molar-refractivity contribution in [2.75, 3.05) is 13.6 Å². The number of carbonyl (C=O) groups excluding carboxylic acids is 2. The quantitative estimate of drug-likeness (QED) is 0.504. The normalized spacial score (nSPS) is 15.7. The summed E-state index contributed by atoms with van der Waals surface area (Å²) in [5, 5.41) is 3.53. The molecule has 0 unspecified atom stereocenters. The van der Waals surface area contributed by atoms with Gasteiger partial charge in [-0.3, -0.25) is 19.6 Å². The van der Waals surface area contributed by atoms with Gasteiger partial charge in [-0.1, -0.05) is 30.3 Å². The van der Waals surface area contributed by atoms with Crippen LogP contribution < -0.4 is 5.32 Å². The lowest BCUT2D eigenvalue weighted by Crippen LogP contribution is -2.31. The molecule has 1 aromatic carbocycles. The SMILES string of the molecule is CNC(=O)c1ccc(-c2ccc([C@H]3CCCN3C(=O)c3oc4ccccc4c3C)nc2)cn1. The fraction of sp³-hybridized carbons (Fsp3) is 0.231. The molecule has 3 aromatic heterocycles. The maximum absolute atomic E-state index is 13.4. The van der Waals surface area contributed by atoms with Crippen molar-refractivity contribution in [3.05, 3.63) is 83.6 Å². The third kappa shape index (κ3) is 3.75. The van der Waals surface area contributed by atoms with Crippen LogP contribution in [0, 0.1) is 6.92 Å². The van der Waals surface area contributed by atoms with Gasteiger partial charge in [-0.15, -0.1) is 0 Å². The third-order valence-electron chi connectivity index (χ3n) is 6.24. The molecule has 1 fully saturated rings. The number of benzene rings is 1. The van der Waals surface area contributed by atoms with E-state index >= 15 is 0 Å². The van der Waals surface area contributed by atoms with Crippen molar-refractivity contribution < 1.29 is 14.0 Å². The molecule has 0 spiro atoms. The van der Waals surface area contributed by atoms with Crippen LogP contribution in [0.5, 0.6) is 0 Å². The van der Waals surface area contributed by atoms with Gasteiger partial charge in [-0.2, -0.15) is 0 Å². The van der Waals surface area contributed by atoms with Gasteiger partial charge in [0, 0.05) is 48.1 Å². The second-order valence-electron chi connectivity index (χ2n) is 8.19. The van der Waals surface area contributed by atoms with E-state index < -0.39 is 0 Å². The number of nitrogens with zero attached hydrogens (tertiary/aromatic N) is 3. The highest BCUT2D eigenvalue weighted by molar-refractivity contribution is 5.99. The van der Waals surface area contributed by atoms with Crippen LogP contribution in [0.3, 0.4) is 0 Å². The highest BCUT2D eigenvalue weighted by Gasteiger charge is 2.34. The maximum atomic E-state index is 13.4. The first-order valence-electron chi connectivity index (χ1n) is 11.0. The van der Waals surface area contributed by atoms with Crippen LogP contribution in [0.15, 0.2) is 65.3 Å². The van der Waals surface area contributed by atoms with E-state index in [0.717, 1.165) is 46.2 Å². The Hall–Kier alpha value is -4.00. The van der Waals surface area contributed by atoms with Crippen LogP contribution in [0.2, 0.25) is 0 Å². The molecule has 4 aromatic rings. The summed E-state index contributed by atoms with van der Waals surface area (Å²) in [4.78, 5) is 35.8. The van der Waals surface area contributed by atoms with E-state index in [9.17, 15) is 9.59 Å². The highest BCUT2D eigenvalue weighted by Crippen LogP contribution is 2.35. The zero-order valence-corrected chi connectivity index (χ0v) is 18.5. The summed E-state index contributed by atoms with van der Waals surface area (Å²) < 4.78 is 5.92. The lowest BCUT2D eigenvalue weighted by Gasteiger charge is -2.23. The number of aromatic nitrogens is 2. The number of nitrogens with one attached hydrogen (secondary N) is 1. The van der Waals surface area contributed by atoms with Gasteiger partial charge >= 0.3 is 0 Å². The lowest BCUT2D eigenvalue weighted by atomic mass is 10.1. The van der Waals surface area contributed by atoms with E-state index in [4.69, 9.17) is 4.42 Å². The summed E-state index contributed by atoms with van der Waals surface area (Å²) in [6.07, 6.45) is 5.24. The number of aryl methyl sites for hydroxylation is 1. The van der Waals surface area contributed by atoms with Gasteiger partial charge in [0.15, 0.2) is 5.76 Å². The first-order valence-corrected chi connectivity index (χ1v) is 11.0. The molecule has 1 N–H and O–H groups in total. The molecule has 1 aliphatic rings. The smallest absolute Gasteiger partial charge is 0.290 e. The molecular weight excluding hydrogens is 416 g/mol. The van der Waals surface area contributed by atoms with Gasteiger partial charge in [0.25, 0.3) is 11.8 Å². The van der Waals surface area contributed by atoms with Crippen molar-refractivity contribution in [3.8, 4) is 11.1 Å². The molecule has 0 saturated carbocycles. The average Bonchev–Trinajstić information content (AvgIpc) is 3.49. The van der Waals surface area contributed by atoms with Crippen molar-refractivity contribution in [1.82, 2.24) is 20.2 Å². The number of furan rings is 1. The minimum atomic E-state index is -0.222. The fourth-order valence-corrected chi connectivity index (χ4v) is 4.43. The summed E-state index contributed by atoms with van der Waals surface area (Å²) in [6.45, 7) is 2.61. The second-order valence-corrected chi connectivity index (χ2v) is 8.19. The molecule has 4 heterocycles. The number of pyridine rings is 2. The van der Waals surface area contributed by atoms with Crippen molar-refractivity contribution >= 4 is 22.8 Å². The molecule has 1 aliphatic heterocycles. The van der Waals surface area contributed by atoms with Crippen LogP contribution in [0.4, 0.5) is 0 Å². The number of amides is 2. The van der Waals surface area contributed by atoms with E-state index in [1.807, 2.05) is 54.3 Å². The Morgan fingerprint density at radius 1 is 1.03 bits per heavy atom. The van der Waals surface area contributed by atoms with E-state index in [1.54, 1.807) is 25.5 Å². The monoisotopic (exact) mass is 440 g/mol. The van der Waals surface area contributed by atoms with E-state index in [-0.39, 0.29) is 17.9 Å². The Morgan fingerprint density at radius 3 is 2.45 bits per heavy atom. The molecule has 1 atom stereocenters. The minimum Gasteiger partial charge on any atom is -0.451 e. The number of hydrogen-bond donors (Lipinski definition) is 1. The number of likely N-dealkylation sites (tertiary alicyclic amines) is 1. The second kappa shape index (κ2) is 8.50. The summed E-state index contributed by atoms with van der Waals surface area (Å²) in [5.74, 6) is 0.0915. The highest BCUT2D eigenvalue weighted by atomic mass is 16.3. The van der Waals surface area contributed by atoms with Gasteiger partial charge in [-0.05, 0) is 38.0 Å². The molecule has 166 valence electrons. The standard InChI is InChI=1S/C26H24N4O3/c1-16-19-6-3-4-8-23(19)33-24(16)26(32)30-13-5-7-22(30)20-11-9-17(14-28-20)18-10-12-21(29-15-18)25(31)27-2/h3-4,6,8-12,14-15,22H,5,7,13H2,1-2H3,(H,27,31)/t22-/m1/s1. The summed E-state index contributed by atoms with van der Waals surface area (Å²) in [7, 11) is 1.58. The Bertz CT molecular complexity index is 1330. The maximum Gasteiger partial charge on any atom is 0.290 e. The van der Waals surface area contributed by atoms with Crippen LogP contribution in [-0.2, 0) is 0 Å². The topological polar surface area (TPSA) is 88.3 Å². The van der Waals surface area contributed by atoms with Gasteiger partial charge in [-0.25, -0.2) is 0 Å². The van der Waals surface area contributed by atoms with Crippen LogP contribution in [-0.4, -0.2) is 40.3 Å². The number of hydrogen-bond acceptors (Lipinski definition) is 5. The molecule has 2 amide bonds. The minimum absolute atomic E-state index is 0.0899. The van der Waals surface area contributed by atoms with Gasteiger partial charge in [0.2, 0.25) is 0 Å². The van der Waals surface area contributed by atoms with E-state index in [1.165, 1.54) is 0 Å². The first kappa shape index (κ1) is 20.9. The van der Waals surface area contributed by atoms with Crippen molar-refractivity contribution in [2.24, 2.45) is 0 Å². The average molecular weight is 441 g/mol. The van der Waals surface area contributed by atoms with Gasteiger partial charge in [0.05, 0.1) is 11.7 Å². The van der Waals surface area contributed by atoms with E-state index in [0.29, 0.717) is 18.0 Å². The van der Waals surface area contributed by atoms with Crippen molar-refractivity contribution in [1.29, 1.82) is 0 Å². The third-order valence-corrected chi connectivity index (χ3v) is 6.24. The molecule has 5 rings (SSSR count). The fourth-order valence-electron chi connectivity index (χ4n) is 4.43. The molecule has 0 aliphatic carbocycles. The summed E-state index contributed by atoms with van der Waals surface area (Å²) >= 11 is 0. The largest absolute Gasteiger partial charge is 0.451 e. The van der Waals surface area contributed by atoms with Crippen molar-refractivity contribution in [2.45, 2.75) is 25.8 Å². The summed E-state index contributed by atoms with van der Waals surface area (Å²) in [6, 6.07) is 15.1. The molecule has 0 radical (unpaired) electrons. The molecule has 7 heteroatoms. The Morgan fingerprint density at radius 2 is 1.79 bits per heavy atom. The van der Waals surface area contributed by atoms with Crippen LogP contribution in [0.25, 0.3) is 22.1 Å². The first-order chi connectivity index (χ1) is 16.1. The molecule has 0 bridgehead atoms. The number of fused-ring (bicyclic) bond motifs is 1. The predicted molar refractivity (Wildman–Crippen MR) is 125 cm³/mol. The summed E-state index contributed by atoms with van der Waals surface area (Å²) in [5.41, 5.74) is 4.60. The molecule has 7 nitrogen and oxygen atoms in total. The predicted octanol–water partition coefficient (Wildman–Crippen LogP) is 4.54. The van der Waals surface area contributed by atoms with Gasteiger partial charge < -0.3 is 14.6 Å². The van der Waals surface area contributed by atoms with E-state index in [2.05, 4.69) is 15.3 Å². The zero-order valence-electron chi connectivity index (χ0n) is 18.5. The molecular formula is C26H24N4O3.